The second-order valence-electron chi connectivity index (χ2n) is 4.70. The molecule has 0 fully saturated rings. The highest BCUT2D eigenvalue weighted by atomic mass is 16.3. The molecule has 0 aliphatic heterocycles. The summed E-state index contributed by atoms with van der Waals surface area (Å²) in [6.45, 7) is 0. The minimum Gasteiger partial charge on any atom is -0.507 e. The van der Waals surface area contributed by atoms with Gasteiger partial charge in [-0.05, 0) is 46.7 Å². The van der Waals surface area contributed by atoms with E-state index in [2.05, 4.69) is 4.98 Å². The number of aromatic hydroxyl groups is 1. The van der Waals surface area contributed by atoms with Crippen LogP contribution in [0, 0.1) is 0 Å². The molecule has 2 aromatic carbocycles. The van der Waals surface area contributed by atoms with Gasteiger partial charge in [0.1, 0.15) is 5.75 Å². The Balaban J connectivity index is 1.94. The quantitative estimate of drug-likeness (QED) is 0.583. The molecule has 0 aliphatic carbocycles. The van der Waals surface area contributed by atoms with Crippen LogP contribution in [0.15, 0.2) is 67.0 Å². The predicted octanol–water partition coefficient (Wildman–Crippen LogP) is 3.84. The van der Waals surface area contributed by atoms with E-state index in [0.717, 1.165) is 16.3 Å². The number of ketones is 1. The zero-order valence-electron chi connectivity index (χ0n) is 11.2. The highest BCUT2D eigenvalue weighted by Gasteiger charge is 2.09. The van der Waals surface area contributed by atoms with E-state index in [-0.39, 0.29) is 11.5 Å². The third kappa shape index (κ3) is 2.82. The average Bonchev–Trinajstić information content (AvgIpc) is 2.53. The van der Waals surface area contributed by atoms with Gasteiger partial charge in [0.25, 0.3) is 0 Å². The van der Waals surface area contributed by atoms with Crippen LogP contribution >= 0.6 is 0 Å². The summed E-state index contributed by atoms with van der Waals surface area (Å²) in [7, 11) is 0. The first-order valence-corrected chi connectivity index (χ1v) is 6.58. The summed E-state index contributed by atoms with van der Waals surface area (Å²) in [6.07, 6.45) is 6.48. The summed E-state index contributed by atoms with van der Waals surface area (Å²) in [5, 5.41) is 11.8. The lowest BCUT2D eigenvalue weighted by molar-refractivity contribution is 0.104. The first-order valence-electron chi connectivity index (χ1n) is 6.58. The molecule has 3 nitrogen and oxygen atoms in total. The molecule has 3 heteroatoms. The molecule has 0 aliphatic rings. The van der Waals surface area contributed by atoms with Gasteiger partial charge < -0.3 is 5.11 Å². The van der Waals surface area contributed by atoms with Crippen molar-refractivity contribution in [3.05, 3.63) is 78.1 Å². The lowest BCUT2D eigenvalue weighted by atomic mass is 10.0. The Morgan fingerprint density at radius 3 is 2.52 bits per heavy atom. The molecule has 0 amide bonds. The number of pyridine rings is 1. The number of hydrogen-bond acceptors (Lipinski definition) is 3. The summed E-state index contributed by atoms with van der Waals surface area (Å²) in [5.41, 5.74) is 1.14. The van der Waals surface area contributed by atoms with Crippen LogP contribution in [0.2, 0.25) is 0 Å². The molecule has 0 spiro atoms. The smallest absolute Gasteiger partial charge is 0.189 e. The second-order valence-corrected chi connectivity index (χ2v) is 4.70. The minimum atomic E-state index is -0.234. The van der Waals surface area contributed by atoms with Crippen LogP contribution in [-0.2, 0) is 0 Å². The molecule has 3 rings (SSSR count). The van der Waals surface area contributed by atoms with Gasteiger partial charge in [0.15, 0.2) is 5.78 Å². The van der Waals surface area contributed by atoms with Gasteiger partial charge in [0.2, 0.25) is 0 Å². The molecule has 1 aromatic heterocycles. The van der Waals surface area contributed by atoms with E-state index in [1.54, 1.807) is 36.7 Å². The van der Waals surface area contributed by atoms with Crippen molar-refractivity contribution >= 4 is 22.6 Å². The third-order valence-electron chi connectivity index (χ3n) is 3.24. The Morgan fingerprint density at radius 1 is 1.05 bits per heavy atom. The van der Waals surface area contributed by atoms with Crippen LogP contribution in [0.5, 0.6) is 5.75 Å². The van der Waals surface area contributed by atoms with Gasteiger partial charge in [-0.3, -0.25) is 9.78 Å². The number of carbonyl (C=O) groups is 1. The van der Waals surface area contributed by atoms with Gasteiger partial charge in [-0.1, -0.05) is 30.3 Å². The van der Waals surface area contributed by atoms with Gasteiger partial charge in [0, 0.05) is 12.4 Å². The molecule has 0 saturated carbocycles. The first kappa shape index (κ1) is 13.1. The Hall–Kier alpha value is -2.94. The largest absolute Gasteiger partial charge is 0.507 e. The molecule has 0 radical (unpaired) electrons. The van der Waals surface area contributed by atoms with Crippen LogP contribution in [0.1, 0.15) is 15.9 Å². The van der Waals surface area contributed by atoms with E-state index in [1.807, 2.05) is 30.3 Å². The van der Waals surface area contributed by atoms with Crippen molar-refractivity contribution in [2.45, 2.75) is 0 Å². The molecule has 0 unspecified atom stereocenters. The molecular formula is C18H13NO2. The third-order valence-corrected chi connectivity index (χ3v) is 3.24. The fraction of sp³-hybridized carbons (Fsp3) is 0. The second kappa shape index (κ2) is 5.59. The summed E-state index contributed by atoms with van der Waals surface area (Å²) in [4.78, 5) is 16.2. The Kier molecular flexibility index (Phi) is 3.48. The van der Waals surface area contributed by atoms with Crippen LogP contribution in [0.4, 0.5) is 0 Å². The summed E-state index contributed by atoms with van der Waals surface area (Å²) < 4.78 is 0. The number of fused-ring (bicyclic) bond motifs is 1. The van der Waals surface area contributed by atoms with E-state index in [0.29, 0.717) is 5.56 Å². The van der Waals surface area contributed by atoms with Crippen LogP contribution in [0.3, 0.4) is 0 Å². The number of nitrogens with zero attached hydrogens (tertiary/aromatic N) is 1. The topological polar surface area (TPSA) is 50.2 Å². The van der Waals surface area contributed by atoms with Gasteiger partial charge in [-0.25, -0.2) is 0 Å². The zero-order chi connectivity index (χ0) is 14.7. The van der Waals surface area contributed by atoms with E-state index < -0.39 is 0 Å². The number of phenolic OH excluding ortho intramolecular Hbond substituents is 1. The van der Waals surface area contributed by atoms with E-state index >= 15 is 0 Å². The fourth-order valence-electron chi connectivity index (χ4n) is 2.16. The van der Waals surface area contributed by atoms with Gasteiger partial charge in [-0.2, -0.15) is 0 Å². The van der Waals surface area contributed by atoms with Crippen molar-refractivity contribution < 1.29 is 9.90 Å². The maximum Gasteiger partial charge on any atom is 0.189 e. The SMILES string of the molecule is O=C(/C=C/c1cccnc1)c1cc2ccccc2cc1O. The highest BCUT2D eigenvalue weighted by Crippen LogP contribution is 2.25. The molecule has 1 heterocycles. The number of aromatic nitrogens is 1. The monoisotopic (exact) mass is 275 g/mol. The maximum atomic E-state index is 12.2. The molecule has 21 heavy (non-hydrogen) atoms. The van der Waals surface area contributed by atoms with Crippen molar-refractivity contribution in [3.63, 3.8) is 0 Å². The normalized spacial score (nSPS) is 11.0. The van der Waals surface area contributed by atoms with E-state index in [1.165, 1.54) is 6.08 Å². The highest BCUT2D eigenvalue weighted by molar-refractivity contribution is 6.10. The predicted molar refractivity (Wildman–Crippen MR) is 83.2 cm³/mol. The maximum absolute atomic E-state index is 12.2. The fourth-order valence-corrected chi connectivity index (χ4v) is 2.16. The Labute approximate surface area is 122 Å². The van der Waals surface area contributed by atoms with Crippen molar-refractivity contribution in [1.29, 1.82) is 0 Å². The van der Waals surface area contributed by atoms with Crippen LogP contribution in [0.25, 0.3) is 16.8 Å². The molecule has 0 bridgehead atoms. The van der Waals surface area contributed by atoms with Crippen molar-refractivity contribution in [2.75, 3.05) is 0 Å². The number of benzene rings is 2. The van der Waals surface area contributed by atoms with Crippen molar-refractivity contribution in [1.82, 2.24) is 4.98 Å². The number of hydrogen-bond donors (Lipinski definition) is 1. The van der Waals surface area contributed by atoms with E-state index in [4.69, 9.17) is 0 Å². The molecule has 0 atom stereocenters. The lowest BCUT2D eigenvalue weighted by Crippen LogP contribution is -1.95. The van der Waals surface area contributed by atoms with E-state index in [9.17, 15) is 9.90 Å². The summed E-state index contributed by atoms with van der Waals surface area (Å²) in [6, 6.07) is 14.6. The van der Waals surface area contributed by atoms with Gasteiger partial charge in [0.05, 0.1) is 5.56 Å². The zero-order valence-corrected chi connectivity index (χ0v) is 11.2. The number of rotatable bonds is 3. The van der Waals surface area contributed by atoms with Crippen LogP contribution in [-0.4, -0.2) is 15.9 Å². The Bertz CT molecular complexity index is 823. The lowest BCUT2D eigenvalue weighted by Gasteiger charge is -2.04. The number of carbonyl (C=O) groups excluding carboxylic acids is 1. The summed E-state index contributed by atoms with van der Waals surface area (Å²) in [5.74, 6) is -0.239. The molecule has 1 N–H and O–H groups in total. The number of phenols is 1. The summed E-state index contributed by atoms with van der Waals surface area (Å²) >= 11 is 0. The Morgan fingerprint density at radius 2 is 1.81 bits per heavy atom. The van der Waals surface area contributed by atoms with Gasteiger partial charge >= 0.3 is 0 Å². The average molecular weight is 275 g/mol. The minimum absolute atomic E-state index is 0.00506. The standard InChI is InChI=1S/C18H13NO2/c20-17(8-7-13-4-3-9-19-12-13)16-10-14-5-1-2-6-15(14)11-18(16)21/h1-12,21H/b8-7+. The van der Waals surface area contributed by atoms with Crippen molar-refractivity contribution in [3.8, 4) is 5.75 Å². The van der Waals surface area contributed by atoms with Crippen LogP contribution < -0.4 is 0 Å². The van der Waals surface area contributed by atoms with Crippen molar-refractivity contribution in [2.24, 2.45) is 0 Å². The molecule has 102 valence electrons. The molecule has 0 saturated heterocycles. The molecular weight excluding hydrogens is 262 g/mol. The molecule has 3 aromatic rings. The van der Waals surface area contributed by atoms with Gasteiger partial charge in [-0.15, -0.1) is 0 Å². The number of allylic oxidation sites excluding steroid dienone is 1. The first-order chi connectivity index (χ1) is 10.2.